The summed E-state index contributed by atoms with van der Waals surface area (Å²) in [5, 5.41) is 23.2. The standard InChI is InChI=1S/C22H17N5O3/c1-26-20-11-8-16(24-18-4-2-3-5-21(18)27(28)29)12-19(20)25-22(26)14-30-17-9-6-15(13-23)7-10-17/h2-12,24H,14H2,1H3. The molecule has 4 rings (SSSR count). The van der Waals surface area contributed by atoms with E-state index in [0.29, 0.717) is 22.7 Å². The molecule has 0 saturated carbocycles. The topological polar surface area (TPSA) is 106 Å². The van der Waals surface area contributed by atoms with Crippen LogP contribution in [-0.2, 0) is 13.7 Å². The predicted molar refractivity (Wildman–Crippen MR) is 113 cm³/mol. The van der Waals surface area contributed by atoms with Gasteiger partial charge in [-0.05, 0) is 48.5 Å². The van der Waals surface area contributed by atoms with Crippen molar-refractivity contribution in [2.45, 2.75) is 6.61 Å². The normalized spacial score (nSPS) is 10.5. The van der Waals surface area contributed by atoms with Gasteiger partial charge in [-0.25, -0.2) is 4.98 Å². The lowest BCUT2D eigenvalue weighted by Crippen LogP contribution is -2.03. The zero-order chi connectivity index (χ0) is 21.1. The minimum absolute atomic E-state index is 0.00937. The molecule has 0 saturated heterocycles. The van der Waals surface area contributed by atoms with Crippen LogP contribution in [0.15, 0.2) is 66.7 Å². The molecule has 0 amide bonds. The molecule has 0 fully saturated rings. The fraction of sp³-hybridized carbons (Fsp3) is 0.0909. The van der Waals surface area contributed by atoms with E-state index < -0.39 is 4.92 Å². The molecule has 1 N–H and O–H groups in total. The van der Waals surface area contributed by atoms with Gasteiger partial charge < -0.3 is 14.6 Å². The highest BCUT2D eigenvalue weighted by atomic mass is 16.6. The molecule has 8 nitrogen and oxygen atoms in total. The van der Waals surface area contributed by atoms with Crippen molar-refractivity contribution in [2.24, 2.45) is 7.05 Å². The summed E-state index contributed by atoms with van der Waals surface area (Å²) in [6.07, 6.45) is 0. The molecule has 8 heteroatoms. The van der Waals surface area contributed by atoms with E-state index in [1.54, 1.807) is 42.5 Å². The summed E-state index contributed by atoms with van der Waals surface area (Å²) in [6.45, 7) is 0.268. The minimum atomic E-state index is -0.416. The molecule has 1 aromatic heterocycles. The number of nitrogens with zero attached hydrogens (tertiary/aromatic N) is 4. The van der Waals surface area contributed by atoms with Gasteiger partial charge in [0.1, 0.15) is 23.9 Å². The number of anilines is 2. The number of fused-ring (bicyclic) bond motifs is 1. The number of nitrogens with one attached hydrogen (secondary N) is 1. The second kappa shape index (κ2) is 7.93. The van der Waals surface area contributed by atoms with Crippen LogP contribution >= 0.6 is 0 Å². The number of benzene rings is 3. The summed E-state index contributed by atoms with van der Waals surface area (Å²) >= 11 is 0. The van der Waals surface area contributed by atoms with Gasteiger partial charge in [-0.2, -0.15) is 5.26 Å². The number of aryl methyl sites for hydroxylation is 1. The van der Waals surface area contributed by atoms with Gasteiger partial charge in [0.05, 0.1) is 27.6 Å². The maximum atomic E-state index is 11.2. The first-order valence-corrected chi connectivity index (χ1v) is 9.14. The SMILES string of the molecule is Cn1c(COc2ccc(C#N)cc2)nc2cc(Nc3ccccc3[N+](=O)[O-])ccc21. The van der Waals surface area contributed by atoms with Crippen molar-refractivity contribution in [2.75, 3.05) is 5.32 Å². The number of nitro benzene ring substituents is 1. The molecule has 0 aliphatic rings. The molecule has 0 aliphatic carbocycles. The Morgan fingerprint density at radius 3 is 2.67 bits per heavy atom. The largest absolute Gasteiger partial charge is 0.486 e. The summed E-state index contributed by atoms with van der Waals surface area (Å²) in [5.41, 5.74) is 3.37. The molecule has 30 heavy (non-hydrogen) atoms. The molecular formula is C22H17N5O3. The van der Waals surface area contributed by atoms with Crippen molar-refractivity contribution in [1.82, 2.24) is 9.55 Å². The van der Waals surface area contributed by atoms with E-state index in [2.05, 4.69) is 16.4 Å². The summed E-state index contributed by atoms with van der Waals surface area (Å²) in [7, 11) is 1.90. The zero-order valence-corrected chi connectivity index (χ0v) is 16.1. The van der Waals surface area contributed by atoms with E-state index in [9.17, 15) is 10.1 Å². The predicted octanol–water partition coefficient (Wildman–Crippen LogP) is 4.68. The number of nitro groups is 1. The number of hydrogen-bond acceptors (Lipinski definition) is 6. The minimum Gasteiger partial charge on any atom is -0.486 e. The first kappa shape index (κ1) is 19.0. The Kier molecular flexibility index (Phi) is 5.01. The molecule has 3 aromatic carbocycles. The first-order valence-electron chi connectivity index (χ1n) is 9.14. The van der Waals surface area contributed by atoms with E-state index in [-0.39, 0.29) is 12.3 Å². The Morgan fingerprint density at radius 2 is 1.93 bits per heavy atom. The Labute approximate surface area is 172 Å². The van der Waals surface area contributed by atoms with E-state index in [1.807, 2.05) is 29.8 Å². The summed E-state index contributed by atoms with van der Waals surface area (Å²) in [4.78, 5) is 15.4. The first-order chi connectivity index (χ1) is 14.5. The van der Waals surface area contributed by atoms with Crippen molar-refractivity contribution in [1.29, 1.82) is 5.26 Å². The van der Waals surface area contributed by atoms with Crippen LogP contribution in [0.4, 0.5) is 17.1 Å². The Bertz CT molecular complexity index is 1270. The second-order valence-electron chi connectivity index (χ2n) is 6.61. The number of aromatic nitrogens is 2. The fourth-order valence-corrected chi connectivity index (χ4v) is 3.12. The van der Waals surface area contributed by atoms with Crippen LogP contribution in [0.3, 0.4) is 0 Å². The monoisotopic (exact) mass is 399 g/mol. The number of ether oxygens (including phenoxy) is 1. The van der Waals surface area contributed by atoms with Crippen LogP contribution in [0.2, 0.25) is 0 Å². The van der Waals surface area contributed by atoms with Crippen LogP contribution in [0, 0.1) is 21.4 Å². The number of imidazole rings is 1. The molecule has 0 spiro atoms. The van der Waals surface area contributed by atoms with E-state index in [4.69, 9.17) is 10.00 Å². The van der Waals surface area contributed by atoms with Gasteiger partial charge in [0, 0.05) is 18.8 Å². The Morgan fingerprint density at radius 1 is 1.17 bits per heavy atom. The molecule has 0 atom stereocenters. The zero-order valence-electron chi connectivity index (χ0n) is 16.1. The summed E-state index contributed by atoms with van der Waals surface area (Å²) in [5.74, 6) is 1.39. The highest BCUT2D eigenvalue weighted by molar-refractivity contribution is 5.82. The lowest BCUT2D eigenvalue weighted by Gasteiger charge is -2.07. The fourth-order valence-electron chi connectivity index (χ4n) is 3.12. The van der Waals surface area contributed by atoms with Gasteiger partial charge in [-0.15, -0.1) is 0 Å². The number of rotatable bonds is 6. The Hall–Kier alpha value is -4.38. The van der Waals surface area contributed by atoms with Gasteiger partial charge in [0.25, 0.3) is 5.69 Å². The van der Waals surface area contributed by atoms with Crippen LogP contribution in [0.1, 0.15) is 11.4 Å². The van der Waals surface area contributed by atoms with Crippen LogP contribution in [0.25, 0.3) is 11.0 Å². The van der Waals surface area contributed by atoms with E-state index in [1.165, 1.54) is 6.07 Å². The summed E-state index contributed by atoms with van der Waals surface area (Å²) in [6, 6.07) is 21.1. The van der Waals surface area contributed by atoms with Gasteiger partial charge >= 0.3 is 0 Å². The number of para-hydroxylation sites is 2. The lowest BCUT2D eigenvalue weighted by atomic mass is 10.2. The number of nitriles is 1. The molecular weight excluding hydrogens is 382 g/mol. The highest BCUT2D eigenvalue weighted by Crippen LogP contribution is 2.29. The van der Waals surface area contributed by atoms with Crippen molar-refractivity contribution in [3.05, 3.63) is 88.2 Å². The highest BCUT2D eigenvalue weighted by Gasteiger charge is 2.14. The van der Waals surface area contributed by atoms with Gasteiger partial charge in [-0.1, -0.05) is 12.1 Å². The van der Waals surface area contributed by atoms with Crippen molar-refractivity contribution in [3.63, 3.8) is 0 Å². The van der Waals surface area contributed by atoms with Crippen LogP contribution < -0.4 is 10.1 Å². The van der Waals surface area contributed by atoms with E-state index in [0.717, 1.165) is 16.9 Å². The van der Waals surface area contributed by atoms with E-state index >= 15 is 0 Å². The molecule has 0 unspecified atom stereocenters. The van der Waals surface area contributed by atoms with Crippen LogP contribution in [0.5, 0.6) is 5.75 Å². The quantitative estimate of drug-likeness (QED) is 0.373. The Balaban J connectivity index is 1.55. The van der Waals surface area contributed by atoms with Gasteiger partial charge in [0.15, 0.2) is 0 Å². The molecule has 0 radical (unpaired) electrons. The third-order valence-electron chi connectivity index (χ3n) is 4.70. The average Bonchev–Trinajstić information content (AvgIpc) is 3.07. The number of hydrogen-bond donors (Lipinski definition) is 1. The smallest absolute Gasteiger partial charge is 0.292 e. The molecule has 0 bridgehead atoms. The molecule has 0 aliphatic heterocycles. The van der Waals surface area contributed by atoms with Crippen molar-refractivity contribution >= 4 is 28.1 Å². The lowest BCUT2D eigenvalue weighted by molar-refractivity contribution is -0.383. The van der Waals surface area contributed by atoms with Crippen molar-refractivity contribution < 1.29 is 9.66 Å². The molecule has 4 aromatic rings. The van der Waals surface area contributed by atoms with Gasteiger partial charge in [0.2, 0.25) is 0 Å². The van der Waals surface area contributed by atoms with Crippen LogP contribution in [-0.4, -0.2) is 14.5 Å². The molecule has 1 heterocycles. The molecule has 148 valence electrons. The third-order valence-corrected chi connectivity index (χ3v) is 4.70. The van der Waals surface area contributed by atoms with Crippen molar-refractivity contribution in [3.8, 4) is 11.8 Å². The summed E-state index contributed by atoms with van der Waals surface area (Å²) < 4.78 is 7.72. The third kappa shape index (κ3) is 3.77. The maximum Gasteiger partial charge on any atom is 0.292 e. The average molecular weight is 399 g/mol. The van der Waals surface area contributed by atoms with Gasteiger partial charge in [-0.3, -0.25) is 10.1 Å². The maximum absolute atomic E-state index is 11.2. The second-order valence-corrected chi connectivity index (χ2v) is 6.61.